The Balaban J connectivity index is 2.94. The van der Waals surface area contributed by atoms with E-state index in [-0.39, 0.29) is 11.9 Å². The van der Waals surface area contributed by atoms with Crippen molar-refractivity contribution in [3.8, 4) is 0 Å². The van der Waals surface area contributed by atoms with Crippen molar-refractivity contribution in [2.75, 3.05) is 14.2 Å². The maximum atomic E-state index is 11.6. The van der Waals surface area contributed by atoms with Gasteiger partial charge in [0, 0.05) is 0 Å². The van der Waals surface area contributed by atoms with E-state index in [1.807, 2.05) is 13.8 Å². The summed E-state index contributed by atoms with van der Waals surface area (Å²) in [6.07, 6.45) is 1.78. The highest BCUT2D eigenvalue weighted by atomic mass is 16.5. The minimum absolute atomic E-state index is 0.343. The van der Waals surface area contributed by atoms with E-state index in [1.54, 1.807) is 0 Å². The number of methoxy groups -OCH3 is 2. The Labute approximate surface area is 95.6 Å². The third-order valence-corrected chi connectivity index (χ3v) is 3.11. The minimum atomic E-state index is -0.445. The molecule has 16 heavy (non-hydrogen) atoms. The number of carbonyl (C=O) groups is 2. The van der Waals surface area contributed by atoms with E-state index in [1.165, 1.54) is 14.2 Å². The fourth-order valence-electron chi connectivity index (χ4n) is 2.27. The Morgan fingerprint density at radius 2 is 1.62 bits per heavy atom. The fraction of sp³-hybridized carbons (Fsp3) is 0.667. The predicted molar refractivity (Wildman–Crippen MR) is 58.6 cm³/mol. The van der Waals surface area contributed by atoms with E-state index in [0.717, 1.165) is 24.0 Å². The zero-order valence-electron chi connectivity index (χ0n) is 10.2. The highest BCUT2D eigenvalue weighted by molar-refractivity contribution is 5.90. The van der Waals surface area contributed by atoms with Gasteiger partial charge in [0.1, 0.15) is 0 Å². The van der Waals surface area contributed by atoms with Gasteiger partial charge in [-0.1, -0.05) is 24.5 Å². The van der Waals surface area contributed by atoms with Crippen LogP contribution in [0.1, 0.15) is 26.7 Å². The van der Waals surface area contributed by atoms with Crippen LogP contribution < -0.4 is 0 Å². The summed E-state index contributed by atoms with van der Waals surface area (Å²) in [6, 6.07) is 0. The summed E-state index contributed by atoms with van der Waals surface area (Å²) in [5.41, 5.74) is 1.99. The van der Waals surface area contributed by atoms with E-state index in [0.29, 0.717) is 0 Å². The van der Waals surface area contributed by atoms with Crippen molar-refractivity contribution in [2.24, 2.45) is 11.8 Å². The minimum Gasteiger partial charge on any atom is -0.469 e. The molecule has 0 radical (unpaired) electrons. The summed E-state index contributed by atoms with van der Waals surface area (Å²) in [7, 11) is 2.68. The number of ether oxygens (including phenoxy) is 2. The van der Waals surface area contributed by atoms with Crippen molar-refractivity contribution in [3.05, 3.63) is 11.1 Å². The molecular weight excluding hydrogens is 208 g/mol. The molecule has 4 nitrogen and oxygen atoms in total. The maximum Gasteiger partial charge on any atom is 0.314 e. The first-order valence-corrected chi connectivity index (χ1v) is 5.43. The highest BCUT2D eigenvalue weighted by Crippen LogP contribution is 2.44. The standard InChI is InChI=1S/C12H18O4/c1-5-6-8-7(2)9(11(13)15-3)10(8)12(14)16-4/h9-10H,5-6H2,1-4H3/t9-,10+/m0/s1. The van der Waals surface area contributed by atoms with E-state index in [2.05, 4.69) is 0 Å². The molecule has 0 bridgehead atoms. The topological polar surface area (TPSA) is 52.6 Å². The molecule has 0 spiro atoms. The summed E-state index contributed by atoms with van der Waals surface area (Å²) in [6.45, 7) is 3.92. The molecule has 1 aliphatic rings. The molecule has 0 aromatic rings. The zero-order valence-corrected chi connectivity index (χ0v) is 10.2. The summed E-state index contributed by atoms with van der Waals surface area (Å²) < 4.78 is 9.42. The van der Waals surface area contributed by atoms with Crippen LogP contribution in [0.4, 0.5) is 0 Å². The Hall–Kier alpha value is -1.32. The van der Waals surface area contributed by atoms with Crippen molar-refractivity contribution in [3.63, 3.8) is 0 Å². The number of rotatable bonds is 4. The molecule has 0 saturated heterocycles. The van der Waals surface area contributed by atoms with Crippen molar-refractivity contribution >= 4 is 11.9 Å². The van der Waals surface area contributed by atoms with Crippen LogP contribution >= 0.6 is 0 Å². The quantitative estimate of drug-likeness (QED) is 0.540. The van der Waals surface area contributed by atoms with Gasteiger partial charge in [0.05, 0.1) is 26.1 Å². The van der Waals surface area contributed by atoms with Crippen LogP contribution in [-0.2, 0) is 19.1 Å². The third kappa shape index (κ3) is 1.96. The van der Waals surface area contributed by atoms with Crippen molar-refractivity contribution < 1.29 is 19.1 Å². The Morgan fingerprint density at radius 3 is 2.06 bits per heavy atom. The molecule has 1 aliphatic carbocycles. The van der Waals surface area contributed by atoms with Crippen LogP contribution in [0.15, 0.2) is 11.1 Å². The fourth-order valence-corrected chi connectivity index (χ4v) is 2.27. The third-order valence-electron chi connectivity index (χ3n) is 3.11. The summed E-state index contributed by atoms with van der Waals surface area (Å²) in [4.78, 5) is 23.1. The molecule has 0 amide bonds. The van der Waals surface area contributed by atoms with Crippen molar-refractivity contribution in [2.45, 2.75) is 26.7 Å². The van der Waals surface area contributed by atoms with Crippen LogP contribution in [0.25, 0.3) is 0 Å². The average molecular weight is 226 g/mol. The van der Waals surface area contributed by atoms with Crippen LogP contribution in [0.3, 0.4) is 0 Å². The van der Waals surface area contributed by atoms with Crippen LogP contribution in [0.5, 0.6) is 0 Å². The first-order chi connectivity index (χ1) is 7.58. The van der Waals surface area contributed by atoms with Gasteiger partial charge in [0.15, 0.2) is 0 Å². The van der Waals surface area contributed by atoms with E-state index in [4.69, 9.17) is 9.47 Å². The maximum absolute atomic E-state index is 11.6. The van der Waals surface area contributed by atoms with Gasteiger partial charge in [-0.25, -0.2) is 0 Å². The predicted octanol–water partition coefficient (Wildman–Crippen LogP) is 1.70. The molecule has 4 heteroatoms. The molecule has 0 aromatic carbocycles. The second kappa shape index (κ2) is 5.14. The summed E-state index contributed by atoms with van der Waals surface area (Å²) >= 11 is 0. The van der Waals surface area contributed by atoms with Gasteiger partial charge in [-0.05, 0) is 13.3 Å². The van der Waals surface area contributed by atoms with E-state index >= 15 is 0 Å². The molecule has 90 valence electrons. The van der Waals surface area contributed by atoms with Crippen LogP contribution in [0, 0.1) is 11.8 Å². The second-order valence-electron chi connectivity index (χ2n) is 3.96. The lowest BCUT2D eigenvalue weighted by Gasteiger charge is -2.37. The van der Waals surface area contributed by atoms with Gasteiger partial charge in [-0.15, -0.1) is 0 Å². The number of esters is 2. The Morgan fingerprint density at radius 1 is 1.12 bits per heavy atom. The lowest BCUT2D eigenvalue weighted by Crippen LogP contribution is -2.42. The lowest BCUT2D eigenvalue weighted by atomic mass is 9.67. The zero-order chi connectivity index (χ0) is 12.3. The van der Waals surface area contributed by atoms with Gasteiger partial charge in [0.2, 0.25) is 0 Å². The smallest absolute Gasteiger partial charge is 0.314 e. The summed E-state index contributed by atoms with van der Waals surface area (Å²) in [5.74, 6) is -1.58. The molecule has 0 heterocycles. The number of hydrogen-bond acceptors (Lipinski definition) is 4. The molecule has 2 atom stereocenters. The molecular formula is C12H18O4. The largest absolute Gasteiger partial charge is 0.469 e. The molecule has 0 saturated carbocycles. The molecule has 0 unspecified atom stereocenters. The van der Waals surface area contributed by atoms with Crippen LogP contribution in [-0.4, -0.2) is 26.2 Å². The van der Waals surface area contributed by atoms with Gasteiger partial charge in [0.25, 0.3) is 0 Å². The first kappa shape index (κ1) is 12.7. The van der Waals surface area contributed by atoms with E-state index < -0.39 is 11.8 Å². The SMILES string of the molecule is CCCC1=C(C)[C@H](C(=O)OC)[C@@H]1C(=O)OC. The van der Waals surface area contributed by atoms with Crippen molar-refractivity contribution in [1.29, 1.82) is 0 Å². The van der Waals surface area contributed by atoms with Gasteiger partial charge in [-0.2, -0.15) is 0 Å². The average Bonchev–Trinajstić information content (AvgIpc) is 2.30. The number of carbonyl (C=O) groups excluding carboxylic acids is 2. The summed E-state index contributed by atoms with van der Waals surface area (Å²) in [5, 5.41) is 0. The van der Waals surface area contributed by atoms with Crippen molar-refractivity contribution in [1.82, 2.24) is 0 Å². The van der Waals surface area contributed by atoms with Crippen LogP contribution in [0.2, 0.25) is 0 Å². The Kier molecular flexibility index (Phi) is 4.10. The van der Waals surface area contributed by atoms with Gasteiger partial charge < -0.3 is 9.47 Å². The monoisotopic (exact) mass is 226 g/mol. The lowest BCUT2D eigenvalue weighted by molar-refractivity contribution is -0.156. The Bertz CT molecular complexity index is 330. The highest BCUT2D eigenvalue weighted by Gasteiger charge is 2.47. The first-order valence-electron chi connectivity index (χ1n) is 5.43. The molecule has 0 aromatic heterocycles. The van der Waals surface area contributed by atoms with Gasteiger partial charge in [-0.3, -0.25) is 9.59 Å². The molecule has 0 N–H and O–H groups in total. The molecule has 0 fully saturated rings. The van der Waals surface area contributed by atoms with E-state index in [9.17, 15) is 9.59 Å². The second-order valence-corrected chi connectivity index (χ2v) is 3.96. The number of hydrogen-bond donors (Lipinski definition) is 0. The van der Waals surface area contributed by atoms with Gasteiger partial charge >= 0.3 is 11.9 Å². The molecule has 0 aliphatic heterocycles. The normalized spacial score (nSPS) is 23.8. The molecule has 1 rings (SSSR count).